The van der Waals surface area contributed by atoms with Gasteiger partial charge in [-0.2, -0.15) is 0 Å². The van der Waals surface area contributed by atoms with E-state index in [9.17, 15) is 10.2 Å². The summed E-state index contributed by atoms with van der Waals surface area (Å²) in [6.45, 7) is 9.83. The summed E-state index contributed by atoms with van der Waals surface area (Å²) in [5.41, 5.74) is 3.78. The molecule has 5 rings (SSSR count). The van der Waals surface area contributed by atoms with E-state index in [1.54, 1.807) is 5.57 Å². The van der Waals surface area contributed by atoms with Crippen molar-refractivity contribution in [2.45, 2.75) is 97.7 Å². The van der Waals surface area contributed by atoms with Crippen LogP contribution in [0.1, 0.15) is 85.5 Å². The van der Waals surface area contributed by atoms with Gasteiger partial charge in [-0.1, -0.05) is 32.4 Å². The Bertz CT molecular complexity index is 753. The van der Waals surface area contributed by atoms with E-state index in [-0.39, 0.29) is 12.7 Å². The summed E-state index contributed by atoms with van der Waals surface area (Å²) in [4.78, 5) is 0. The summed E-state index contributed by atoms with van der Waals surface area (Å²) in [6, 6.07) is 0. The number of hydrogen-bond donors (Lipinski definition) is 2. The highest BCUT2D eigenvalue weighted by atomic mass is 16.5. The molecule has 2 N–H and O–H groups in total. The van der Waals surface area contributed by atoms with E-state index in [1.165, 1.54) is 43.4 Å². The molecule has 0 amide bonds. The summed E-state index contributed by atoms with van der Waals surface area (Å²) in [5, 5.41) is 19.6. The van der Waals surface area contributed by atoms with Gasteiger partial charge in [0.05, 0.1) is 11.9 Å². The smallest absolute Gasteiger partial charge is 0.106 e. The van der Waals surface area contributed by atoms with Gasteiger partial charge < -0.3 is 14.9 Å². The van der Waals surface area contributed by atoms with Crippen LogP contribution in [0.4, 0.5) is 0 Å². The Balaban J connectivity index is 1.38. The van der Waals surface area contributed by atoms with Gasteiger partial charge in [0.2, 0.25) is 0 Å². The molecule has 0 aromatic heterocycles. The molecule has 168 valence electrons. The Morgan fingerprint density at radius 1 is 1.20 bits per heavy atom. The second kappa shape index (κ2) is 7.37. The van der Waals surface area contributed by atoms with Crippen molar-refractivity contribution in [1.29, 1.82) is 0 Å². The molecule has 9 atom stereocenters. The highest BCUT2D eigenvalue weighted by molar-refractivity contribution is 5.30. The van der Waals surface area contributed by atoms with Crippen LogP contribution >= 0.6 is 0 Å². The number of allylic oxidation sites excluding steroid dienone is 2. The van der Waals surface area contributed by atoms with E-state index < -0.39 is 0 Å². The Morgan fingerprint density at radius 3 is 2.77 bits per heavy atom. The normalized spacial score (nSPS) is 48.3. The molecule has 0 bridgehead atoms. The zero-order valence-corrected chi connectivity index (χ0v) is 19.5. The summed E-state index contributed by atoms with van der Waals surface area (Å²) in [5.74, 6) is 4.52. The Morgan fingerprint density at radius 2 is 2.00 bits per heavy atom. The molecule has 0 spiro atoms. The van der Waals surface area contributed by atoms with Crippen molar-refractivity contribution < 1.29 is 14.9 Å². The molecular weight excluding hydrogens is 372 g/mol. The molecule has 0 unspecified atom stereocenters. The number of aliphatic hydroxyl groups is 2. The molecule has 0 aromatic rings. The van der Waals surface area contributed by atoms with E-state index in [0.29, 0.717) is 28.8 Å². The molecule has 3 fully saturated rings. The monoisotopic (exact) mass is 414 g/mol. The van der Waals surface area contributed by atoms with Gasteiger partial charge in [0, 0.05) is 18.9 Å². The minimum Gasteiger partial charge on any atom is -0.494 e. The van der Waals surface area contributed by atoms with Crippen LogP contribution in [-0.2, 0) is 4.74 Å². The average Bonchev–Trinajstić information content (AvgIpc) is 3.20. The van der Waals surface area contributed by atoms with Crippen LogP contribution in [0.5, 0.6) is 0 Å². The fourth-order valence-corrected chi connectivity index (χ4v) is 8.69. The van der Waals surface area contributed by atoms with Crippen LogP contribution in [0, 0.1) is 40.4 Å². The number of ether oxygens (including phenoxy) is 1. The second-order valence-corrected chi connectivity index (χ2v) is 12.0. The lowest BCUT2D eigenvalue weighted by Crippen LogP contribution is -2.50. The van der Waals surface area contributed by atoms with Crippen molar-refractivity contribution in [1.82, 2.24) is 0 Å². The third-order valence-corrected chi connectivity index (χ3v) is 10.5. The molecular formula is C27H42O3. The van der Waals surface area contributed by atoms with E-state index >= 15 is 0 Å². The lowest BCUT2D eigenvalue weighted by molar-refractivity contribution is -0.0454. The van der Waals surface area contributed by atoms with Crippen LogP contribution in [0.3, 0.4) is 0 Å². The number of rotatable bonds is 4. The molecule has 0 radical (unpaired) electrons. The van der Waals surface area contributed by atoms with E-state index in [1.807, 2.05) is 0 Å². The molecule has 0 saturated heterocycles. The maximum absolute atomic E-state index is 10.2. The number of aliphatic hydroxyl groups excluding tert-OH is 2. The van der Waals surface area contributed by atoms with Gasteiger partial charge in [0.25, 0.3) is 0 Å². The lowest BCUT2D eigenvalue weighted by atomic mass is 9.47. The van der Waals surface area contributed by atoms with Crippen molar-refractivity contribution in [3.8, 4) is 0 Å². The molecule has 3 nitrogen and oxygen atoms in total. The Kier molecular flexibility index (Phi) is 5.18. The van der Waals surface area contributed by atoms with Gasteiger partial charge in [-0.3, -0.25) is 0 Å². The third kappa shape index (κ3) is 2.98. The molecule has 5 aliphatic rings. The first kappa shape index (κ1) is 21.1. The van der Waals surface area contributed by atoms with Gasteiger partial charge in [-0.15, -0.1) is 0 Å². The second-order valence-electron chi connectivity index (χ2n) is 12.0. The predicted molar refractivity (Wildman–Crippen MR) is 120 cm³/mol. The van der Waals surface area contributed by atoms with Crippen molar-refractivity contribution in [2.75, 3.05) is 6.61 Å². The van der Waals surface area contributed by atoms with Gasteiger partial charge in [0.1, 0.15) is 6.10 Å². The van der Waals surface area contributed by atoms with E-state index in [4.69, 9.17) is 4.74 Å². The highest BCUT2D eigenvalue weighted by Gasteiger charge is 2.63. The predicted octanol–water partition coefficient (Wildman–Crippen LogP) is 5.62. The SMILES string of the molecule is CC1=C(CC[C@@H](C)CO)O[C@@H]2C[C@H]3[C@@H]4CC=C5C[C@@H](O)CC[C@]5(C)[C@H]4CC[C@]3(C)[C@@H]12. The minimum absolute atomic E-state index is 0.117. The minimum atomic E-state index is -0.117. The van der Waals surface area contributed by atoms with Crippen LogP contribution < -0.4 is 0 Å². The third-order valence-electron chi connectivity index (χ3n) is 10.5. The van der Waals surface area contributed by atoms with Crippen molar-refractivity contribution >= 4 is 0 Å². The first-order chi connectivity index (χ1) is 14.3. The largest absolute Gasteiger partial charge is 0.494 e. The van der Waals surface area contributed by atoms with E-state index in [2.05, 4.69) is 33.8 Å². The van der Waals surface area contributed by atoms with Gasteiger partial charge in [-0.25, -0.2) is 0 Å². The molecule has 30 heavy (non-hydrogen) atoms. The molecule has 3 saturated carbocycles. The van der Waals surface area contributed by atoms with Gasteiger partial charge >= 0.3 is 0 Å². The van der Waals surface area contributed by atoms with Crippen LogP contribution in [0.15, 0.2) is 23.0 Å². The standard InChI is InChI=1S/C27H42O3/c1-16(15-28)5-8-23-17(2)25-24(30-23)14-22-20-7-6-18-13-19(29)9-11-26(18,3)21(20)10-12-27(22,25)4/h6,16,19-22,24-25,28-29H,5,7-15H2,1-4H3/t16-,19+,20-,21+,22+,24-,25+,26+,27+/m1/s1. The lowest BCUT2D eigenvalue weighted by Gasteiger charge is -2.57. The summed E-state index contributed by atoms with van der Waals surface area (Å²) >= 11 is 0. The first-order valence-corrected chi connectivity index (χ1v) is 12.6. The zero-order chi connectivity index (χ0) is 21.3. The Hall–Kier alpha value is -0.800. The highest BCUT2D eigenvalue weighted by Crippen LogP contribution is 2.68. The van der Waals surface area contributed by atoms with Gasteiger partial charge in [-0.05, 0) is 98.4 Å². The molecule has 0 aromatic carbocycles. The Labute approximate surface area is 183 Å². The quantitative estimate of drug-likeness (QED) is 0.587. The summed E-state index contributed by atoms with van der Waals surface area (Å²) in [7, 11) is 0. The summed E-state index contributed by atoms with van der Waals surface area (Å²) in [6.07, 6.45) is 13.0. The first-order valence-electron chi connectivity index (χ1n) is 12.6. The number of fused-ring (bicyclic) bond motifs is 7. The topological polar surface area (TPSA) is 49.7 Å². The molecule has 4 aliphatic carbocycles. The maximum Gasteiger partial charge on any atom is 0.106 e. The average molecular weight is 415 g/mol. The fraction of sp³-hybridized carbons (Fsp3) is 0.852. The van der Waals surface area contributed by atoms with Crippen molar-refractivity contribution in [3.05, 3.63) is 23.0 Å². The van der Waals surface area contributed by atoms with Crippen LogP contribution in [0.2, 0.25) is 0 Å². The molecule has 1 heterocycles. The fourth-order valence-electron chi connectivity index (χ4n) is 8.69. The molecule has 1 aliphatic heterocycles. The van der Waals surface area contributed by atoms with Crippen LogP contribution in [0.25, 0.3) is 0 Å². The zero-order valence-electron chi connectivity index (χ0n) is 19.5. The van der Waals surface area contributed by atoms with Crippen molar-refractivity contribution in [3.63, 3.8) is 0 Å². The number of hydrogen-bond acceptors (Lipinski definition) is 3. The van der Waals surface area contributed by atoms with Gasteiger partial charge in [0.15, 0.2) is 0 Å². The maximum atomic E-state index is 10.2. The van der Waals surface area contributed by atoms with Crippen molar-refractivity contribution in [2.24, 2.45) is 40.4 Å². The van der Waals surface area contributed by atoms with Crippen LogP contribution in [-0.4, -0.2) is 29.0 Å². The molecule has 3 heteroatoms. The van der Waals surface area contributed by atoms with E-state index in [0.717, 1.165) is 43.4 Å². The summed E-state index contributed by atoms with van der Waals surface area (Å²) < 4.78 is 6.62.